The van der Waals surface area contributed by atoms with Gasteiger partial charge >= 0.3 is 5.97 Å². The molecule has 0 aromatic heterocycles. The number of rotatable bonds is 1. The van der Waals surface area contributed by atoms with E-state index in [2.05, 4.69) is 20.8 Å². The molecule has 2 aliphatic carbocycles. The number of carbonyl (C=O) groups excluding carboxylic acids is 1. The molecule has 1 saturated heterocycles. The van der Waals surface area contributed by atoms with Gasteiger partial charge in [0.1, 0.15) is 0 Å². The monoisotopic (exact) mass is 222 g/mol. The van der Waals surface area contributed by atoms with Crippen molar-refractivity contribution in [1.82, 2.24) is 0 Å². The predicted molar refractivity (Wildman–Crippen MR) is 61.7 cm³/mol. The summed E-state index contributed by atoms with van der Waals surface area (Å²) < 4.78 is 5.27. The van der Waals surface area contributed by atoms with Crippen LogP contribution in [0.5, 0.6) is 0 Å². The lowest BCUT2D eigenvalue weighted by Gasteiger charge is -2.41. The van der Waals surface area contributed by atoms with E-state index in [1.54, 1.807) is 0 Å². The summed E-state index contributed by atoms with van der Waals surface area (Å²) in [5, 5.41) is 0. The third-order valence-corrected chi connectivity index (χ3v) is 5.67. The molecule has 2 nitrogen and oxygen atoms in total. The van der Waals surface area contributed by atoms with Crippen molar-refractivity contribution in [2.45, 2.75) is 40.0 Å². The summed E-state index contributed by atoms with van der Waals surface area (Å²) >= 11 is 0. The number of fused-ring (bicyclic) bond motifs is 3. The van der Waals surface area contributed by atoms with Gasteiger partial charge in [0.2, 0.25) is 0 Å². The van der Waals surface area contributed by atoms with Crippen LogP contribution in [0.2, 0.25) is 0 Å². The maximum absolute atomic E-state index is 12.0. The minimum Gasteiger partial charge on any atom is -0.465 e. The van der Waals surface area contributed by atoms with E-state index in [9.17, 15) is 4.79 Å². The molecule has 0 aromatic carbocycles. The Labute approximate surface area is 97.7 Å². The lowest BCUT2D eigenvalue weighted by atomic mass is 9.61. The molecule has 1 aliphatic heterocycles. The molecule has 1 spiro atoms. The van der Waals surface area contributed by atoms with Crippen LogP contribution < -0.4 is 0 Å². The second-order valence-corrected chi connectivity index (χ2v) is 6.53. The number of esters is 1. The smallest absolute Gasteiger partial charge is 0.312 e. The molecule has 2 heteroatoms. The summed E-state index contributed by atoms with van der Waals surface area (Å²) in [7, 11) is 0. The molecular formula is C14H22O2. The molecule has 3 fully saturated rings. The van der Waals surface area contributed by atoms with Crippen molar-refractivity contribution >= 4 is 5.97 Å². The molecule has 5 atom stereocenters. The molecule has 0 amide bonds. The van der Waals surface area contributed by atoms with Crippen LogP contribution in [-0.4, -0.2) is 12.6 Å². The quantitative estimate of drug-likeness (QED) is 0.638. The molecule has 2 saturated carbocycles. The van der Waals surface area contributed by atoms with Crippen LogP contribution >= 0.6 is 0 Å². The SMILES string of the molecule is CC(C)C1C(C)C2CC1C1(CCOC1=O)C2. The molecule has 90 valence electrons. The van der Waals surface area contributed by atoms with E-state index < -0.39 is 0 Å². The van der Waals surface area contributed by atoms with Gasteiger partial charge in [0.15, 0.2) is 0 Å². The third-order valence-electron chi connectivity index (χ3n) is 5.67. The average Bonchev–Trinajstić information content (AvgIpc) is 2.83. The molecular weight excluding hydrogens is 200 g/mol. The van der Waals surface area contributed by atoms with Gasteiger partial charge in [-0.25, -0.2) is 0 Å². The van der Waals surface area contributed by atoms with E-state index in [0.29, 0.717) is 18.4 Å². The Morgan fingerprint density at radius 2 is 2.19 bits per heavy atom. The van der Waals surface area contributed by atoms with Gasteiger partial charge in [0.25, 0.3) is 0 Å². The summed E-state index contributed by atoms with van der Waals surface area (Å²) in [6, 6.07) is 0. The van der Waals surface area contributed by atoms with Crippen molar-refractivity contribution < 1.29 is 9.53 Å². The van der Waals surface area contributed by atoms with Crippen molar-refractivity contribution in [2.24, 2.45) is 35.0 Å². The van der Waals surface area contributed by atoms with Crippen molar-refractivity contribution in [3.63, 3.8) is 0 Å². The highest BCUT2D eigenvalue weighted by Crippen LogP contribution is 2.65. The fourth-order valence-corrected chi connectivity index (χ4v) is 5.03. The van der Waals surface area contributed by atoms with Gasteiger partial charge in [0.05, 0.1) is 12.0 Å². The molecule has 5 unspecified atom stereocenters. The van der Waals surface area contributed by atoms with Gasteiger partial charge < -0.3 is 4.74 Å². The molecule has 0 radical (unpaired) electrons. The Bertz CT molecular complexity index is 323. The Balaban J connectivity index is 1.94. The van der Waals surface area contributed by atoms with Gasteiger partial charge in [-0.1, -0.05) is 20.8 Å². The van der Waals surface area contributed by atoms with Crippen LogP contribution in [0.3, 0.4) is 0 Å². The van der Waals surface area contributed by atoms with Crippen molar-refractivity contribution in [1.29, 1.82) is 0 Å². The molecule has 3 rings (SSSR count). The molecule has 3 aliphatic rings. The molecule has 2 bridgehead atoms. The molecule has 16 heavy (non-hydrogen) atoms. The predicted octanol–water partition coefficient (Wildman–Crippen LogP) is 2.87. The fraction of sp³-hybridized carbons (Fsp3) is 0.929. The Morgan fingerprint density at radius 3 is 2.69 bits per heavy atom. The van der Waals surface area contributed by atoms with Gasteiger partial charge in [-0.3, -0.25) is 4.79 Å². The summed E-state index contributed by atoms with van der Waals surface area (Å²) in [5.74, 6) is 3.77. The normalized spacial score (nSPS) is 50.6. The van der Waals surface area contributed by atoms with Crippen LogP contribution in [0.1, 0.15) is 40.0 Å². The first-order chi connectivity index (χ1) is 7.56. The lowest BCUT2D eigenvalue weighted by molar-refractivity contribution is -0.150. The Morgan fingerprint density at radius 1 is 1.44 bits per heavy atom. The first kappa shape index (κ1) is 10.6. The minimum atomic E-state index is -0.0634. The summed E-state index contributed by atoms with van der Waals surface area (Å²) in [4.78, 5) is 12.0. The topological polar surface area (TPSA) is 26.3 Å². The van der Waals surface area contributed by atoms with Gasteiger partial charge in [-0.2, -0.15) is 0 Å². The highest BCUT2D eigenvalue weighted by Gasteiger charge is 2.64. The van der Waals surface area contributed by atoms with E-state index >= 15 is 0 Å². The molecule has 0 N–H and O–H groups in total. The van der Waals surface area contributed by atoms with E-state index in [0.717, 1.165) is 30.6 Å². The minimum absolute atomic E-state index is 0.0634. The average molecular weight is 222 g/mol. The first-order valence-corrected chi connectivity index (χ1v) is 6.73. The maximum atomic E-state index is 12.0. The maximum Gasteiger partial charge on any atom is 0.312 e. The second-order valence-electron chi connectivity index (χ2n) is 6.53. The van der Waals surface area contributed by atoms with Crippen molar-refractivity contribution in [3.8, 4) is 0 Å². The zero-order valence-electron chi connectivity index (χ0n) is 10.5. The van der Waals surface area contributed by atoms with Crippen molar-refractivity contribution in [3.05, 3.63) is 0 Å². The van der Waals surface area contributed by atoms with Crippen LogP contribution in [0.4, 0.5) is 0 Å². The molecule has 1 heterocycles. The number of hydrogen-bond acceptors (Lipinski definition) is 2. The lowest BCUT2D eigenvalue weighted by Crippen LogP contribution is -2.41. The highest BCUT2D eigenvalue weighted by atomic mass is 16.5. The van der Waals surface area contributed by atoms with Crippen LogP contribution in [0.15, 0.2) is 0 Å². The zero-order valence-corrected chi connectivity index (χ0v) is 10.5. The van der Waals surface area contributed by atoms with E-state index in [4.69, 9.17) is 4.74 Å². The van der Waals surface area contributed by atoms with Crippen LogP contribution in [0.25, 0.3) is 0 Å². The fourth-order valence-electron chi connectivity index (χ4n) is 5.03. The van der Waals surface area contributed by atoms with Gasteiger partial charge in [-0.15, -0.1) is 0 Å². The summed E-state index contributed by atoms with van der Waals surface area (Å²) in [6.45, 7) is 7.69. The number of ether oxygens (including phenoxy) is 1. The first-order valence-electron chi connectivity index (χ1n) is 6.73. The Kier molecular flexibility index (Phi) is 2.15. The van der Waals surface area contributed by atoms with Gasteiger partial charge in [-0.05, 0) is 48.9 Å². The van der Waals surface area contributed by atoms with E-state index in [1.807, 2.05) is 0 Å². The standard InChI is InChI=1S/C14H22O2/c1-8(2)12-9(3)10-6-11(12)14(7-10)4-5-16-13(14)15/h8-12H,4-7H2,1-3H3. The second kappa shape index (κ2) is 3.24. The summed E-state index contributed by atoms with van der Waals surface area (Å²) in [6.07, 6.45) is 3.38. The number of carbonyl (C=O) groups is 1. The Hall–Kier alpha value is -0.530. The number of cyclic esters (lactones) is 1. The highest BCUT2D eigenvalue weighted by molar-refractivity contribution is 5.79. The largest absolute Gasteiger partial charge is 0.465 e. The zero-order chi connectivity index (χ0) is 11.5. The van der Waals surface area contributed by atoms with Gasteiger partial charge in [0, 0.05) is 0 Å². The van der Waals surface area contributed by atoms with E-state index in [1.165, 1.54) is 6.42 Å². The molecule has 0 aromatic rings. The van der Waals surface area contributed by atoms with Crippen LogP contribution in [0, 0.1) is 35.0 Å². The van der Waals surface area contributed by atoms with E-state index in [-0.39, 0.29) is 11.4 Å². The third kappa shape index (κ3) is 1.11. The van der Waals surface area contributed by atoms with Crippen LogP contribution in [-0.2, 0) is 9.53 Å². The number of hydrogen-bond donors (Lipinski definition) is 0. The summed E-state index contributed by atoms with van der Waals surface area (Å²) in [5.41, 5.74) is -0.0634. The van der Waals surface area contributed by atoms with Crippen molar-refractivity contribution in [2.75, 3.05) is 6.61 Å².